The van der Waals surface area contributed by atoms with Crippen molar-refractivity contribution in [2.45, 2.75) is 19.8 Å². The zero-order valence-corrected chi connectivity index (χ0v) is 15.4. The lowest BCUT2D eigenvalue weighted by Gasteiger charge is -2.11. The van der Waals surface area contributed by atoms with E-state index < -0.39 is 5.92 Å². The average molecular weight is 377 g/mol. The van der Waals surface area contributed by atoms with Gasteiger partial charge in [0.25, 0.3) is 11.1 Å². The van der Waals surface area contributed by atoms with Crippen molar-refractivity contribution in [3.63, 3.8) is 0 Å². The van der Waals surface area contributed by atoms with Crippen LogP contribution in [-0.4, -0.2) is 25.6 Å². The number of aryl methyl sites for hydroxylation is 2. The first-order valence-corrected chi connectivity index (χ1v) is 8.78. The van der Waals surface area contributed by atoms with Crippen LogP contribution in [0.25, 0.3) is 12.2 Å². The Morgan fingerprint density at radius 2 is 1.50 bits per heavy atom. The van der Waals surface area contributed by atoms with Gasteiger partial charge in [-0.1, -0.05) is 41.6 Å². The third-order valence-corrected chi connectivity index (χ3v) is 4.68. The van der Waals surface area contributed by atoms with Crippen LogP contribution in [-0.2, 0) is 0 Å². The van der Waals surface area contributed by atoms with Crippen molar-refractivity contribution in [3.05, 3.63) is 96.6 Å². The number of aromatic amines is 4. The van der Waals surface area contributed by atoms with E-state index in [1.807, 2.05) is 42.5 Å². The van der Waals surface area contributed by atoms with Gasteiger partial charge in [-0.05, 0) is 25.5 Å². The summed E-state index contributed by atoms with van der Waals surface area (Å²) in [6.07, 6.45) is 3.74. The first-order valence-electron chi connectivity index (χ1n) is 8.78. The molecule has 0 bridgehead atoms. The monoisotopic (exact) mass is 377 g/mol. The molecule has 0 radical (unpaired) electrons. The number of benzene rings is 1. The molecule has 8 heteroatoms. The molecule has 8 nitrogen and oxygen atoms in total. The first-order chi connectivity index (χ1) is 13.5. The molecule has 0 amide bonds. The van der Waals surface area contributed by atoms with Gasteiger partial charge in [-0.2, -0.15) is 0 Å². The Balaban J connectivity index is 1.79. The van der Waals surface area contributed by atoms with E-state index in [2.05, 4.69) is 25.6 Å². The summed E-state index contributed by atoms with van der Waals surface area (Å²) in [5, 5.41) is 14.8. The Bertz CT molecular complexity index is 1180. The maximum Gasteiger partial charge on any atom is 0.268 e. The van der Waals surface area contributed by atoms with Gasteiger partial charge in [0, 0.05) is 17.5 Å². The van der Waals surface area contributed by atoms with Gasteiger partial charge in [-0.3, -0.25) is 19.8 Å². The molecule has 4 N–H and O–H groups in total. The van der Waals surface area contributed by atoms with Gasteiger partial charge >= 0.3 is 0 Å². The molecule has 0 saturated carbocycles. The minimum atomic E-state index is -0.684. The van der Waals surface area contributed by atoms with E-state index in [0.717, 1.165) is 5.56 Å². The number of nitrogens with zero attached hydrogens (tertiary/aromatic N) is 1. The number of aromatic nitrogens is 5. The molecule has 3 heterocycles. The predicted octanol–water partition coefficient (Wildman–Crippen LogP) is 2.67. The second-order valence-corrected chi connectivity index (χ2v) is 6.57. The van der Waals surface area contributed by atoms with Gasteiger partial charge in [-0.15, -0.1) is 0 Å². The lowest BCUT2D eigenvalue weighted by molar-refractivity contribution is 0.378. The van der Waals surface area contributed by atoms with Crippen molar-refractivity contribution >= 4 is 12.2 Å². The van der Waals surface area contributed by atoms with Crippen molar-refractivity contribution in [2.75, 3.05) is 0 Å². The molecule has 0 atom stereocenters. The van der Waals surface area contributed by atoms with Gasteiger partial charge in [0.05, 0.1) is 17.0 Å². The van der Waals surface area contributed by atoms with Gasteiger partial charge < -0.3 is 14.7 Å². The molecule has 0 aliphatic rings. The summed E-state index contributed by atoms with van der Waals surface area (Å²) in [4.78, 5) is 24.8. The number of hydrogen-bond donors (Lipinski definition) is 4. The first kappa shape index (κ1) is 17.6. The normalized spacial score (nSPS) is 11.7. The maximum absolute atomic E-state index is 12.4. The Morgan fingerprint density at radius 3 is 2.04 bits per heavy atom. The highest BCUT2D eigenvalue weighted by atomic mass is 16.5. The van der Waals surface area contributed by atoms with E-state index in [4.69, 9.17) is 4.52 Å². The zero-order chi connectivity index (χ0) is 19.7. The van der Waals surface area contributed by atoms with Crippen molar-refractivity contribution in [1.29, 1.82) is 0 Å². The molecule has 0 unspecified atom stereocenters. The van der Waals surface area contributed by atoms with Gasteiger partial charge in [0.1, 0.15) is 11.5 Å². The molecule has 0 aliphatic carbocycles. The number of hydrogen-bond acceptors (Lipinski definition) is 4. The predicted molar refractivity (Wildman–Crippen MR) is 105 cm³/mol. The highest BCUT2D eigenvalue weighted by Crippen LogP contribution is 2.31. The standard InChI is InChI=1S/C20H19N5O3/c1-11-16(19(26)23-21-11)18(17-12(2)22-24-20(17)27)15-10-14(25-28-15)9-8-13-6-4-3-5-7-13/h3-10,18H,1-2H3,(H2,21,23,26)(H2,22,24,27)/b9-8+. The van der Waals surface area contributed by atoms with E-state index in [0.29, 0.717) is 34.0 Å². The number of H-pyrrole nitrogens is 4. The van der Waals surface area contributed by atoms with Crippen LogP contribution in [0.5, 0.6) is 0 Å². The summed E-state index contributed by atoms with van der Waals surface area (Å²) in [5.41, 5.74) is 3.12. The molecule has 4 rings (SSSR count). The van der Waals surface area contributed by atoms with Crippen molar-refractivity contribution < 1.29 is 4.52 Å². The molecule has 28 heavy (non-hydrogen) atoms. The zero-order valence-electron chi connectivity index (χ0n) is 15.4. The molecular formula is C20H19N5O3. The fraction of sp³-hybridized carbons (Fsp3) is 0.150. The summed E-state index contributed by atoms with van der Waals surface area (Å²) < 4.78 is 5.55. The Labute approximate surface area is 159 Å². The fourth-order valence-electron chi connectivity index (χ4n) is 3.30. The second kappa shape index (κ2) is 7.07. The van der Waals surface area contributed by atoms with Crippen molar-refractivity contribution in [2.24, 2.45) is 0 Å². The van der Waals surface area contributed by atoms with Gasteiger partial charge in [0.15, 0.2) is 0 Å². The van der Waals surface area contributed by atoms with E-state index in [1.165, 1.54) is 0 Å². The highest BCUT2D eigenvalue weighted by Gasteiger charge is 2.31. The smallest absolute Gasteiger partial charge is 0.268 e. The minimum Gasteiger partial charge on any atom is -0.360 e. The summed E-state index contributed by atoms with van der Waals surface area (Å²) >= 11 is 0. The average Bonchev–Trinajstić information content (AvgIpc) is 3.38. The van der Waals surface area contributed by atoms with Crippen LogP contribution in [0.2, 0.25) is 0 Å². The molecule has 3 aromatic heterocycles. The third kappa shape index (κ3) is 3.16. The highest BCUT2D eigenvalue weighted by molar-refractivity contribution is 5.68. The number of nitrogens with one attached hydrogen (secondary N) is 4. The lowest BCUT2D eigenvalue weighted by Crippen LogP contribution is -2.19. The Hall–Kier alpha value is -3.81. The molecule has 0 saturated heterocycles. The molecule has 0 spiro atoms. The van der Waals surface area contributed by atoms with Crippen LogP contribution in [0, 0.1) is 13.8 Å². The van der Waals surface area contributed by atoms with E-state index >= 15 is 0 Å². The minimum absolute atomic E-state index is 0.305. The summed E-state index contributed by atoms with van der Waals surface area (Å²) in [7, 11) is 0. The van der Waals surface area contributed by atoms with Crippen LogP contribution in [0.1, 0.15) is 45.5 Å². The maximum atomic E-state index is 12.4. The van der Waals surface area contributed by atoms with Crippen LogP contribution >= 0.6 is 0 Å². The van der Waals surface area contributed by atoms with Crippen LogP contribution in [0.4, 0.5) is 0 Å². The largest absolute Gasteiger partial charge is 0.360 e. The topological polar surface area (TPSA) is 123 Å². The van der Waals surface area contributed by atoms with E-state index in [-0.39, 0.29) is 11.1 Å². The molecular weight excluding hydrogens is 358 g/mol. The molecule has 1 aromatic carbocycles. The summed E-state index contributed by atoms with van der Waals surface area (Å²) in [5.74, 6) is -0.273. The molecule has 4 aromatic rings. The van der Waals surface area contributed by atoms with Crippen molar-refractivity contribution in [1.82, 2.24) is 25.6 Å². The lowest BCUT2D eigenvalue weighted by atomic mass is 9.89. The molecule has 0 aliphatic heterocycles. The number of rotatable bonds is 5. The Morgan fingerprint density at radius 1 is 0.893 bits per heavy atom. The van der Waals surface area contributed by atoms with Crippen LogP contribution in [0.15, 0.2) is 50.5 Å². The molecule has 142 valence electrons. The fourth-order valence-corrected chi connectivity index (χ4v) is 3.30. The van der Waals surface area contributed by atoms with Gasteiger partial charge in [-0.25, -0.2) is 0 Å². The third-order valence-electron chi connectivity index (χ3n) is 4.68. The quantitative estimate of drug-likeness (QED) is 0.427. The van der Waals surface area contributed by atoms with Crippen LogP contribution < -0.4 is 11.1 Å². The van der Waals surface area contributed by atoms with Gasteiger partial charge in [0.2, 0.25) is 0 Å². The molecule has 0 fully saturated rings. The van der Waals surface area contributed by atoms with E-state index in [1.54, 1.807) is 19.9 Å². The van der Waals surface area contributed by atoms with E-state index in [9.17, 15) is 9.59 Å². The summed E-state index contributed by atoms with van der Waals surface area (Å²) in [6.45, 7) is 3.53. The summed E-state index contributed by atoms with van der Waals surface area (Å²) in [6, 6.07) is 11.5. The second-order valence-electron chi connectivity index (χ2n) is 6.57. The SMILES string of the molecule is Cc1[nH][nH]c(=O)c1C(c1cc(/C=C/c2ccccc2)no1)c1c(C)[nH][nH]c1=O. The van der Waals surface area contributed by atoms with Crippen LogP contribution in [0.3, 0.4) is 0 Å². The van der Waals surface area contributed by atoms with Crippen molar-refractivity contribution in [3.8, 4) is 0 Å². The Kier molecular flexibility index (Phi) is 4.44.